The van der Waals surface area contributed by atoms with Gasteiger partial charge in [0.25, 0.3) is 0 Å². The number of aromatic nitrogens is 3. The van der Waals surface area contributed by atoms with Crippen LogP contribution in [0.25, 0.3) is 11.5 Å². The first-order valence-corrected chi connectivity index (χ1v) is 5.56. The summed E-state index contributed by atoms with van der Waals surface area (Å²) in [5.74, 6) is -0.803. The van der Waals surface area contributed by atoms with Gasteiger partial charge < -0.3 is 5.11 Å². The van der Waals surface area contributed by atoms with Crippen LogP contribution in [0.1, 0.15) is 16.1 Å². The lowest BCUT2D eigenvalue weighted by Gasteiger charge is -2.02. The smallest absolute Gasteiger partial charge is 0.355 e. The second-order valence-corrected chi connectivity index (χ2v) is 4.27. The molecule has 0 saturated carbocycles. The van der Waals surface area contributed by atoms with Crippen LogP contribution in [0.4, 0.5) is 0 Å². The van der Waals surface area contributed by atoms with Crippen molar-refractivity contribution in [3.8, 4) is 11.5 Å². The topological polar surface area (TPSA) is 76.0 Å². The summed E-state index contributed by atoms with van der Waals surface area (Å²) in [4.78, 5) is 23.1. The number of hydrogen-bond acceptors (Lipinski definition) is 4. The number of carboxylic acids is 1. The van der Waals surface area contributed by atoms with Gasteiger partial charge in [0.1, 0.15) is 5.69 Å². The lowest BCUT2D eigenvalue weighted by molar-refractivity contribution is 0.0689. The highest BCUT2D eigenvalue weighted by molar-refractivity contribution is 9.10. The molecule has 2 aromatic heterocycles. The van der Waals surface area contributed by atoms with E-state index in [1.807, 2.05) is 13.0 Å². The van der Waals surface area contributed by atoms with Crippen LogP contribution in [0.5, 0.6) is 0 Å². The quantitative estimate of drug-likeness (QED) is 0.919. The molecule has 2 aromatic rings. The van der Waals surface area contributed by atoms with Gasteiger partial charge in [-0.3, -0.25) is 4.98 Å². The zero-order chi connectivity index (χ0) is 12.4. The number of rotatable bonds is 2. The van der Waals surface area contributed by atoms with Crippen LogP contribution in [0.15, 0.2) is 29.0 Å². The number of carboxylic acid groups (broad SMARTS) is 1. The summed E-state index contributed by atoms with van der Waals surface area (Å²) in [5, 5.41) is 8.95. The van der Waals surface area contributed by atoms with E-state index in [-0.39, 0.29) is 5.69 Å². The van der Waals surface area contributed by atoms with Gasteiger partial charge in [0, 0.05) is 12.4 Å². The Hall–Kier alpha value is -1.82. The average Bonchev–Trinajstić information content (AvgIpc) is 2.29. The number of carbonyl (C=O) groups is 1. The maximum atomic E-state index is 10.9. The molecule has 0 fully saturated rings. The minimum Gasteiger partial charge on any atom is -0.476 e. The first-order chi connectivity index (χ1) is 8.08. The molecular weight excluding hydrogens is 286 g/mol. The highest BCUT2D eigenvalue weighted by Gasteiger charge is 2.13. The van der Waals surface area contributed by atoms with Crippen LogP contribution in [0.3, 0.4) is 0 Å². The lowest BCUT2D eigenvalue weighted by atomic mass is 10.2. The predicted octanol–water partition coefficient (Wildman–Crippen LogP) is 2.31. The fraction of sp³-hybridized carbons (Fsp3) is 0.0909. The van der Waals surface area contributed by atoms with Crippen LogP contribution in [-0.2, 0) is 0 Å². The van der Waals surface area contributed by atoms with E-state index < -0.39 is 5.97 Å². The molecule has 0 aliphatic carbocycles. The monoisotopic (exact) mass is 293 g/mol. The van der Waals surface area contributed by atoms with E-state index in [4.69, 9.17) is 5.11 Å². The number of aromatic carboxylic acids is 1. The van der Waals surface area contributed by atoms with Crippen molar-refractivity contribution in [3.05, 3.63) is 40.3 Å². The molecule has 0 aromatic carbocycles. The Balaban J connectivity index is 2.54. The van der Waals surface area contributed by atoms with E-state index in [0.717, 1.165) is 5.56 Å². The minimum atomic E-state index is -1.10. The highest BCUT2D eigenvalue weighted by Crippen LogP contribution is 2.18. The Kier molecular flexibility index (Phi) is 3.14. The van der Waals surface area contributed by atoms with E-state index in [0.29, 0.717) is 16.0 Å². The fourth-order valence-corrected chi connectivity index (χ4v) is 1.66. The largest absolute Gasteiger partial charge is 0.476 e. The molecule has 2 rings (SSSR count). The number of hydrogen-bond donors (Lipinski definition) is 1. The zero-order valence-corrected chi connectivity index (χ0v) is 10.5. The normalized spacial score (nSPS) is 10.2. The Morgan fingerprint density at radius 2 is 2.18 bits per heavy atom. The molecule has 0 radical (unpaired) electrons. The Morgan fingerprint density at radius 1 is 1.41 bits per heavy atom. The molecule has 1 N–H and O–H groups in total. The molecule has 86 valence electrons. The van der Waals surface area contributed by atoms with Gasteiger partial charge in [0.2, 0.25) is 0 Å². The van der Waals surface area contributed by atoms with Crippen molar-refractivity contribution in [2.24, 2.45) is 0 Å². The Labute approximate surface area is 106 Å². The minimum absolute atomic E-state index is 0.0710. The van der Waals surface area contributed by atoms with Gasteiger partial charge in [-0.05, 0) is 40.5 Å². The van der Waals surface area contributed by atoms with Gasteiger partial charge in [-0.25, -0.2) is 14.8 Å². The van der Waals surface area contributed by atoms with E-state index in [9.17, 15) is 4.79 Å². The van der Waals surface area contributed by atoms with E-state index in [1.165, 1.54) is 6.20 Å². The lowest BCUT2D eigenvalue weighted by Crippen LogP contribution is -2.04. The third-order valence-electron chi connectivity index (χ3n) is 2.09. The number of pyridine rings is 1. The van der Waals surface area contributed by atoms with Gasteiger partial charge >= 0.3 is 5.97 Å². The third-order valence-corrected chi connectivity index (χ3v) is 2.67. The fourth-order valence-electron chi connectivity index (χ4n) is 1.30. The summed E-state index contributed by atoms with van der Waals surface area (Å²) in [6.45, 7) is 1.92. The van der Waals surface area contributed by atoms with Crippen molar-refractivity contribution in [3.63, 3.8) is 0 Å². The van der Waals surface area contributed by atoms with E-state index >= 15 is 0 Å². The van der Waals surface area contributed by atoms with Gasteiger partial charge in [-0.15, -0.1) is 0 Å². The van der Waals surface area contributed by atoms with Crippen molar-refractivity contribution >= 4 is 21.9 Å². The second-order valence-electron chi connectivity index (χ2n) is 3.41. The molecule has 0 saturated heterocycles. The molecule has 5 nitrogen and oxygen atoms in total. The molecule has 17 heavy (non-hydrogen) atoms. The van der Waals surface area contributed by atoms with Gasteiger partial charge in [0.15, 0.2) is 11.5 Å². The molecule has 0 aliphatic heterocycles. The second kappa shape index (κ2) is 4.58. The van der Waals surface area contributed by atoms with Crippen molar-refractivity contribution in [2.45, 2.75) is 6.92 Å². The SMILES string of the molecule is Cc1ccnc(-c2ncc(Br)c(C(=O)O)n2)c1. The maximum Gasteiger partial charge on any atom is 0.355 e. The average molecular weight is 294 g/mol. The van der Waals surface area contributed by atoms with Crippen molar-refractivity contribution in [1.29, 1.82) is 0 Å². The number of nitrogens with zero attached hydrogens (tertiary/aromatic N) is 3. The molecule has 0 bridgehead atoms. The Bertz CT molecular complexity index is 587. The van der Waals surface area contributed by atoms with Crippen molar-refractivity contribution in [2.75, 3.05) is 0 Å². The highest BCUT2D eigenvalue weighted by atomic mass is 79.9. The first-order valence-electron chi connectivity index (χ1n) is 4.77. The third kappa shape index (κ3) is 2.47. The van der Waals surface area contributed by atoms with Gasteiger partial charge in [-0.2, -0.15) is 0 Å². The standard InChI is InChI=1S/C11H8BrN3O2/c1-6-2-3-13-8(4-6)10-14-5-7(12)9(15-10)11(16)17/h2-5H,1H3,(H,16,17). The summed E-state index contributed by atoms with van der Waals surface area (Å²) in [6, 6.07) is 3.65. The van der Waals surface area contributed by atoms with Crippen LogP contribution in [0.2, 0.25) is 0 Å². The molecule has 0 amide bonds. The van der Waals surface area contributed by atoms with Crippen molar-refractivity contribution < 1.29 is 9.90 Å². The summed E-state index contributed by atoms with van der Waals surface area (Å²) in [5.41, 5.74) is 1.50. The Morgan fingerprint density at radius 3 is 2.82 bits per heavy atom. The number of halogens is 1. The molecule has 0 spiro atoms. The molecule has 2 heterocycles. The van der Waals surface area contributed by atoms with Gasteiger partial charge in [0.05, 0.1) is 4.47 Å². The first kappa shape index (κ1) is 11.7. The van der Waals surface area contributed by atoms with E-state index in [1.54, 1.807) is 12.3 Å². The maximum absolute atomic E-state index is 10.9. The number of aryl methyl sites for hydroxylation is 1. The van der Waals surface area contributed by atoms with Crippen molar-refractivity contribution in [1.82, 2.24) is 15.0 Å². The van der Waals surface area contributed by atoms with Crippen LogP contribution < -0.4 is 0 Å². The van der Waals surface area contributed by atoms with E-state index in [2.05, 4.69) is 30.9 Å². The summed E-state index contributed by atoms with van der Waals surface area (Å²) < 4.78 is 0.349. The molecular formula is C11H8BrN3O2. The van der Waals surface area contributed by atoms with Crippen LogP contribution in [0, 0.1) is 6.92 Å². The molecule has 6 heteroatoms. The summed E-state index contributed by atoms with van der Waals surface area (Å²) >= 11 is 3.09. The summed E-state index contributed by atoms with van der Waals surface area (Å²) in [6.07, 6.45) is 3.05. The van der Waals surface area contributed by atoms with Crippen LogP contribution in [-0.4, -0.2) is 26.0 Å². The summed E-state index contributed by atoms with van der Waals surface area (Å²) in [7, 11) is 0. The molecule has 0 atom stereocenters. The molecule has 0 aliphatic rings. The predicted molar refractivity (Wildman–Crippen MR) is 64.7 cm³/mol. The zero-order valence-electron chi connectivity index (χ0n) is 8.88. The van der Waals surface area contributed by atoms with Gasteiger partial charge in [-0.1, -0.05) is 0 Å². The van der Waals surface area contributed by atoms with Crippen LogP contribution >= 0.6 is 15.9 Å². The molecule has 0 unspecified atom stereocenters.